The van der Waals surface area contributed by atoms with Gasteiger partial charge < -0.3 is 10.8 Å². The number of aliphatic hydroxyl groups excluding tert-OH is 1. The van der Waals surface area contributed by atoms with Crippen molar-refractivity contribution in [2.45, 2.75) is 60.1 Å². The Balaban J connectivity index is 2.77. The number of aliphatic hydroxyl groups is 1. The summed E-state index contributed by atoms with van der Waals surface area (Å²) < 4.78 is 0. The molecule has 0 saturated heterocycles. The van der Waals surface area contributed by atoms with Crippen LogP contribution in [0.1, 0.15) is 53.9 Å². The van der Waals surface area contributed by atoms with Gasteiger partial charge >= 0.3 is 0 Å². The van der Waals surface area contributed by atoms with Crippen LogP contribution >= 0.6 is 0 Å². The zero-order valence-electron chi connectivity index (χ0n) is 14.7. The lowest BCUT2D eigenvalue weighted by Gasteiger charge is -2.32. The van der Waals surface area contributed by atoms with Crippen molar-refractivity contribution in [2.24, 2.45) is 11.1 Å². The fourth-order valence-electron chi connectivity index (χ4n) is 2.96. The minimum absolute atomic E-state index is 0.283. The molecule has 1 unspecified atom stereocenters. The van der Waals surface area contributed by atoms with Gasteiger partial charge in [0, 0.05) is 0 Å². The Kier molecular flexibility index (Phi) is 7.05. The lowest BCUT2D eigenvalue weighted by molar-refractivity contribution is 0.231. The third-order valence-electron chi connectivity index (χ3n) is 4.21. The minimum atomic E-state index is -0.891. The van der Waals surface area contributed by atoms with Gasteiger partial charge in [-0.2, -0.15) is 0 Å². The fraction of sp³-hybridized carbons (Fsp3) is 0.500. The predicted molar refractivity (Wildman–Crippen MR) is 96.3 cm³/mol. The third-order valence-corrected chi connectivity index (χ3v) is 4.21. The number of nitrogens with two attached hydrogens (primary N) is 1. The SMILES string of the molecule is CC(C=CC1=C(C)CCCC1(C)C)=CC=CC(C)=CC(N)O. The minimum Gasteiger partial charge on any atom is -0.375 e. The summed E-state index contributed by atoms with van der Waals surface area (Å²) in [5.41, 5.74) is 10.8. The summed E-state index contributed by atoms with van der Waals surface area (Å²) in [4.78, 5) is 0. The fourth-order valence-corrected chi connectivity index (χ4v) is 2.96. The smallest absolute Gasteiger partial charge is 0.122 e. The van der Waals surface area contributed by atoms with Gasteiger partial charge in [-0.1, -0.05) is 60.9 Å². The summed E-state index contributed by atoms with van der Waals surface area (Å²) in [5, 5.41) is 9.07. The van der Waals surface area contributed by atoms with E-state index in [1.807, 2.05) is 19.1 Å². The summed E-state index contributed by atoms with van der Waals surface area (Å²) >= 11 is 0. The average Bonchev–Trinajstić information content (AvgIpc) is 2.36. The van der Waals surface area contributed by atoms with Crippen molar-refractivity contribution in [1.82, 2.24) is 0 Å². The molecule has 0 amide bonds. The lowest BCUT2D eigenvalue weighted by atomic mass is 9.72. The molecule has 3 N–H and O–H groups in total. The number of hydrogen-bond acceptors (Lipinski definition) is 2. The van der Waals surface area contributed by atoms with Crippen LogP contribution in [-0.2, 0) is 0 Å². The first-order chi connectivity index (χ1) is 10.2. The van der Waals surface area contributed by atoms with E-state index in [9.17, 15) is 0 Å². The highest BCUT2D eigenvalue weighted by Gasteiger charge is 2.26. The molecular formula is C20H31NO. The second kappa shape index (κ2) is 8.30. The second-order valence-corrected chi connectivity index (χ2v) is 6.94. The Morgan fingerprint density at radius 1 is 1.23 bits per heavy atom. The molecule has 2 heteroatoms. The first kappa shape index (κ1) is 18.7. The predicted octanol–water partition coefficient (Wildman–Crippen LogP) is 4.80. The average molecular weight is 301 g/mol. The van der Waals surface area contributed by atoms with Crippen molar-refractivity contribution in [3.05, 3.63) is 58.7 Å². The first-order valence-electron chi connectivity index (χ1n) is 8.08. The van der Waals surface area contributed by atoms with Crippen LogP contribution in [0, 0.1) is 5.41 Å². The molecule has 0 aromatic heterocycles. The van der Waals surface area contributed by atoms with Gasteiger partial charge in [0.05, 0.1) is 0 Å². The van der Waals surface area contributed by atoms with E-state index in [0.717, 1.165) is 5.57 Å². The van der Waals surface area contributed by atoms with Gasteiger partial charge in [0.25, 0.3) is 0 Å². The van der Waals surface area contributed by atoms with Gasteiger partial charge in [-0.25, -0.2) is 0 Å². The summed E-state index contributed by atoms with van der Waals surface area (Å²) in [6.45, 7) is 10.9. The molecule has 0 fully saturated rings. The monoisotopic (exact) mass is 301 g/mol. The summed E-state index contributed by atoms with van der Waals surface area (Å²) in [5.74, 6) is 0. The van der Waals surface area contributed by atoms with Gasteiger partial charge in [-0.15, -0.1) is 0 Å². The molecule has 0 aliphatic heterocycles. The van der Waals surface area contributed by atoms with E-state index in [1.165, 1.54) is 36.0 Å². The second-order valence-electron chi connectivity index (χ2n) is 6.94. The van der Waals surface area contributed by atoms with Crippen LogP contribution in [0.5, 0.6) is 0 Å². The molecule has 2 nitrogen and oxygen atoms in total. The zero-order chi connectivity index (χ0) is 16.8. The molecule has 1 aliphatic rings. The van der Waals surface area contributed by atoms with Crippen LogP contribution in [-0.4, -0.2) is 11.3 Å². The van der Waals surface area contributed by atoms with Crippen molar-refractivity contribution in [3.8, 4) is 0 Å². The molecule has 0 saturated carbocycles. The van der Waals surface area contributed by atoms with E-state index in [2.05, 4.69) is 45.9 Å². The Hall–Kier alpha value is -1.38. The van der Waals surface area contributed by atoms with E-state index in [4.69, 9.17) is 10.8 Å². The zero-order valence-corrected chi connectivity index (χ0v) is 14.7. The molecule has 122 valence electrons. The Labute approximate surface area is 135 Å². The Bertz CT molecular complexity index is 528. The maximum atomic E-state index is 9.07. The maximum Gasteiger partial charge on any atom is 0.122 e. The number of allylic oxidation sites excluding steroid dienone is 9. The molecule has 22 heavy (non-hydrogen) atoms. The third kappa shape index (κ3) is 6.17. The first-order valence-corrected chi connectivity index (χ1v) is 8.08. The Morgan fingerprint density at radius 2 is 1.91 bits per heavy atom. The van der Waals surface area contributed by atoms with Crippen molar-refractivity contribution in [2.75, 3.05) is 0 Å². The van der Waals surface area contributed by atoms with Crippen LogP contribution in [0.2, 0.25) is 0 Å². The highest BCUT2D eigenvalue weighted by atomic mass is 16.3. The molecule has 1 rings (SSSR count). The number of rotatable bonds is 5. The Morgan fingerprint density at radius 3 is 2.50 bits per heavy atom. The normalized spacial score (nSPS) is 22.0. The molecule has 0 bridgehead atoms. The van der Waals surface area contributed by atoms with Crippen LogP contribution < -0.4 is 5.73 Å². The molecular weight excluding hydrogens is 270 g/mol. The van der Waals surface area contributed by atoms with Crippen molar-refractivity contribution < 1.29 is 5.11 Å². The standard InChI is InChI=1S/C20H31NO/c1-15(8-6-9-16(2)14-19(21)22)11-12-18-17(3)10-7-13-20(18,4)5/h6,8-9,11-12,14,19,22H,7,10,13,21H2,1-5H3. The quantitative estimate of drug-likeness (QED) is 0.566. The summed E-state index contributed by atoms with van der Waals surface area (Å²) in [6.07, 6.45) is 15.0. The van der Waals surface area contributed by atoms with Gasteiger partial charge in [0.1, 0.15) is 6.23 Å². The van der Waals surface area contributed by atoms with E-state index in [1.54, 1.807) is 6.08 Å². The molecule has 0 spiro atoms. The summed E-state index contributed by atoms with van der Waals surface area (Å²) in [7, 11) is 0. The van der Waals surface area contributed by atoms with E-state index < -0.39 is 6.23 Å². The van der Waals surface area contributed by atoms with Gasteiger partial charge in [0.2, 0.25) is 0 Å². The topological polar surface area (TPSA) is 46.2 Å². The van der Waals surface area contributed by atoms with Crippen LogP contribution in [0.25, 0.3) is 0 Å². The largest absolute Gasteiger partial charge is 0.375 e. The molecule has 0 aromatic carbocycles. The van der Waals surface area contributed by atoms with Crippen LogP contribution in [0.3, 0.4) is 0 Å². The van der Waals surface area contributed by atoms with Crippen molar-refractivity contribution in [1.29, 1.82) is 0 Å². The van der Waals surface area contributed by atoms with Crippen molar-refractivity contribution >= 4 is 0 Å². The highest BCUT2D eigenvalue weighted by Crippen LogP contribution is 2.40. The molecule has 0 aromatic rings. The van der Waals surface area contributed by atoms with Gasteiger partial charge in [-0.05, 0) is 57.1 Å². The van der Waals surface area contributed by atoms with Crippen LogP contribution in [0.4, 0.5) is 0 Å². The van der Waals surface area contributed by atoms with Crippen LogP contribution in [0.15, 0.2) is 58.7 Å². The maximum absolute atomic E-state index is 9.07. The molecule has 1 aliphatic carbocycles. The molecule has 1 atom stereocenters. The van der Waals surface area contributed by atoms with Gasteiger partial charge in [-0.3, -0.25) is 0 Å². The number of hydrogen-bond donors (Lipinski definition) is 2. The lowest BCUT2D eigenvalue weighted by Crippen LogP contribution is -2.19. The van der Waals surface area contributed by atoms with E-state index in [-0.39, 0.29) is 5.41 Å². The highest BCUT2D eigenvalue weighted by molar-refractivity contribution is 5.37. The summed E-state index contributed by atoms with van der Waals surface area (Å²) in [6, 6.07) is 0. The van der Waals surface area contributed by atoms with E-state index in [0.29, 0.717) is 0 Å². The van der Waals surface area contributed by atoms with E-state index >= 15 is 0 Å². The van der Waals surface area contributed by atoms with Crippen molar-refractivity contribution in [3.63, 3.8) is 0 Å². The van der Waals surface area contributed by atoms with Gasteiger partial charge in [0.15, 0.2) is 0 Å². The molecule has 0 radical (unpaired) electrons. The molecule has 0 heterocycles.